The van der Waals surface area contributed by atoms with Gasteiger partial charge in [0.05, 0.1) is 22.6 Å². The highest BCUT2D eigenvalue weighted by atomic mass is 19.1. The van der Waals surface area contributed by atoms with Gasteiger partial charge in [0, 0.05) is 55.7 Å². The van der Waals surface area contributed by atoms with E-state index in [1.54, 1.807) is 29.8 Å². The zero-order chi connectivity index (χ0) is 22.2. The van der Waals surface area contributed by atoms with Crippen molar-refractivity contribution in [3.8, 4) is 0 Å². The van der Waals surface area contributed by atoms with E-state index in [-0.39, 0.29) is 11.6 Å². The summed E-state index contributed by atoms with van der Waals surface area (Å²) in [7, 11) is 0. The van der Waals surface area contributed by atoms with Gasteiger partial charge in [-0.15, -0.1) is 5.10 Å². The number of imidazole rings is 1. The van der Waals surface area contributed by atoms with Crippen LogP contribution in [0.1, 0.15) is 28.7 Å². The number of fused-ring (bicyclic) bond motifs is 2. The lowest BCUT2D eigenvalue weighted by Crippen LogP contribution is -2.43. The van der Waals surface area contributed by atoms with Crippen LogP contribution < -0.4 is 15.5 Å². The normalized spacial score (nSPS) is 14.3. The Balaban J connectivity index is 1.54. The second kappa shape index (κ2) is 8.16. The second-order valence-electron chi connectivity index (χ2n) is 7.96. The molecule has 1 aromatic carbocycles. The first kappa shape index (κ1) is 20.3. The first-order valence-corrected chi connectivity index (χ1v) is 10.7. The van der Waals surface area contributed by atoms with Gasteiger partial charge < -0.3 is 19.9 Å². The van der Waals surface area contributed by atoms with Gasteiger partial charge in [-0.05, 0) is 31.5 Å². The van der Waals surface area contributed by atoms with Crippen LogP contribution in [0, 0.1) is 12.7 Å². The van der Waals surface area contributed by atoms with Crippen LogP contribution in [-0.4, -0.2) is 51.7 Å². The van der Waals surface area contributed by atoms with Crippen molar-refractivity contribution in [1.29, 1.82) is 0 Å². The second-order valence-corrected chi connectivity index (χ2v) is 7.96. The average Bonchev–Trinajstić information content (AvgIpc) is 3.19. The van der Waals surface area contributed by atoms with Gasteiger partial charge in [-0.1, -0.05) is 6.92 Å². The molecule has 4 aromatic rings. The molecule has 164 valence electrons. The molecule has 1 fully saturated rings. The fourth-order valence-electron chi connectivity index (χ4n) is 4.14. The van der Waals surface area contributed by atoms with Crippen LogP contribution in [-0.2, 0) is 6.42 Å². The maximum Gasteiger partial charge on any atom is 0.257 e. The Labute approximate surface area is 184 Å². The van der Waals surface area contributed by atoms with E-state index in [4.69, 9.17) is 0 Å². The summed E-state index contributed by atoms with van der Waals surface area (Å²) < 4.78 is 16.0. The Kier molecular flexibility index (Phi) is 5.18. The van der Waals surface area contributed by atoms with Crippen molar-refractivity contribution in [3.63, 3.8) is 0 Å². The van der Waals surface area contributed by atoms with Crippen molar-refractivity contribution in [2.24, 2.45) is 0 Å². The summed E-state index contributed by atoms with van der Waals surface area (Å²) in [4.78, 5) is 19.6. The van der Waals surface area contributed by atoms with Crippen LogP contribution >= 0.6 is 0 Å². The Hall–Kier alpha value is -3.59. The van der Waals surface area contributed by atoms with Crippen molar-refractivity contribution in [2.45, 2.75) is 20.3 Å². The predicted molar refractivity (Wildman–Crippen MR) is 122 cm³/mol. The van der Waals surface area contributed by atoms with Crippen LogP contribution in [0.4, 0.5) is 15.8 Å². The zero-order valence-electron chi connectivity index (χ0n) is 18.0. The number of anilines is 2. The number of aryl methyl sites for hydroxylation is 2. The molecule has 5 rings (SSSR count). The van der Waals surface area contributed by atoms with E-state index in [1.807, 2.05) is 19.1 Å². The van der Waals surface area contributed by atoms with Gasteiger partial charge in [0.15, 0.2) is 11.5 Å². The molecule has 2 N–H and O–H groups in total. The molecule has 0 bridgehead atoms. The standard InChI is InChI=1S/C23H24FN7O/c1-3-15-10-18-20(30-8-6-25-7-9-30)5-4-17(21(18)29-28-15)23(32)27-16-11-19(24)22-26-14(2)12-31(22)13-16/h4-5,10-13,25H,3,6-9H2,1-2H3,(H,27,32). The highest BCUT2D eigenvalue weighted by Crippen LogP contribution is 2.30. The topological polar surface area (TPSA) is 87.5 Å². The molecule has 32 heavy (non-hydrogen) atoms. The van der Waals surface area contributed by atoms with Gasteiger partial charge in [0.2, 0.25) is 0 Å². The number of carbonyl (C=O) groups is 1. The number of hydrogen-bond acceptors (Lipinski definition) is 6. The van der Waals surface area contributed by atoms with E-state index >= 15 is 0 Å². The molecule has 9 heteroatoms. The highest BCUT2D eigenvalue weighted by molar-refractivity contribution is 6.13. The zero-order valence-corrected chi connectivity index (χ0v) is 18.0. The number of hydrogen-bond donors (Lipinski definition) is 2. The van der Waals surface area contributed by atoms with E-state index < -0.39 is 5.82 Å². The number of benzene rings is 1. The molecule has 0 aliphatic carbocycles. The lowest BCUT2D eigenvalue weighted by Gasteiger charge is -2.30. The maximum absolute atomic E-state index is 14.4. The molecule has 1 saturated heterocycles. The van der Waals surface area contributed by atoms with E-state index in [2.05, 4.69) is 30.7 Å². The number of piperazine rings is 1. The molecule has 3 aromatic heterocycles. The molecule has 8 nitrogen and oxygen atoms in total. The summed E-state index contributed by atoms with van der Waals surface area (Å²) in [5.74, 6) is -0.863. The van der Waals surface area contributed by atoms with Gasteiger partial charge in [-0.2, -0.15) is 5.10 Å². The summed E-state index contributed by atoms with van der Waals surface area (Å²) in [6.45, 7) is 7.40. The lowest BCUT2D eigenvalue weighted by atomic mass is 10.0. The van der Waals surface area contributed by atoms with Crippen LogP contribution in [0.2, 0.25) is 0 Å². The number of halogens is 1. The Morgan fingerprint density at radius 2 is 2.00 bits per heavy atom. The number of aromatic nitrogens is 4. The van der Waals surface area contributed by atoms with E-state index in [0.29, 0.717) is 22.5 Å². The van der Waals surface area contributed by atoms with Gasteiger partial charge in [-0.25, -0.2) is 9.37 Å². The number of rotatable bonds is 4. The summed E-state index contributed by atoms with van der Waals surface area (Å²) >= 11 is 0. The van der Waals surface area contributed by atoms with Crippen molar-refractivity contribution in [3.05, 3.63) is 59.4 Å². The van der Waals surface area contributed by atoms with Gasteiger partial charge in [-0.3, -0.25) is 4.79 Å². The van der Waals surface area contributed by atoms with E-state index in [9.17, 15) is 9.18 Å². The molecule has 4 heterocycles. The molecule has 0 saturated carbocycles. The minimum atomic E-state index is -0.498. The van der Waals surface area contributed by atoms with Gasteiger partial charge in [0.25, 0.3) is 5.91 Å². The van der Waals surface area contributed by atoms with Crippen LogP contribution in [0.3, 0.4) is 0 Å². The molecule has 0 spiro atoms. The highest BCUT2D eigenvalue weighted by Gasteiger charge is 2.20. The van der Waals surface area contributed by atoms with E-state index in [0.717, 1.165) is 49.4 Å². The largest absolute Gasteiger partial charge is 0.368 e. The summed E-state index contributed by atoms with van der Waals surface area (Å²) in [5, 5.41) is 15.7. The minimum absolute atomic E-state index is 0.226. The molecule has 1 aliphatic heterocycles. The Bertz CT molecular complexity index is 1330. The van der Waals surface area contributed by atoms with Crippen molar-refractivity contribution < 1.29 is 9.18 Å². The van der Waals surface area contributed by atoms with E-state index in [1.165, 1.54) is 6.07 Å². The quantitative estimate of drug-likeness (QED) is 0.515. The first-order chi connectivity index (χ1) is 15.5. The molecular formula is C23H24FN7O. The summed E-state index contributed by atoms with van der Waals surface area (Å²) in [5.41, 5.74) is 4.12. The van der Waals surface area contributed by atoms with Gasteiger partial charge >= 0.3 is 0 Å². The Morgan fingerprint density at radius 3 is 2.78 bits per heavy atom. The third kappa shape index (κ3) is 3.64. The molecule has 1 amide bonds. The summed E-state index contributed by atoms with van der Waals surface area (Å²) in [6.07, 6.45) is 4.11. The third-order valence-corrected chi connectivity index (χ3v) is 5.73. The molecular weight excluding hydrogens is 409 g/mol. The van der Waals surface area contributed by atoms with Crippen molar-refractivity contribution >= 4 is 33.8 Å². The number of pyridine rings is 1. The number of amides is 1. The van der Waals surface area contributed by atoms with Crippen LogP contribution in [0.15, 0.2) is 36.7 Å². The molecule has 0 unspecified atom stereocenters. The van der Waals surface area contributed by atoms with Crippen molar-refractivity contribution in [2.75, 3.05) is 36.4 Å². The maximum atomic E-state index is 14.4. The first-order valence-electron chi connectivity index (χ1n) is 10.7. The Morgan fingerprint density at radius 1 is 1.19 bits per heavy atom. The third-order valence-electron chi connectivity index (χ3n) is 5.73. The van der Waals surface area contributed by atoms with Crippen molar-refractivity contribution in [1.82, 2.24) is 24.9 Å². The van der Waals surface area contributed by atoms with Crippen LogP contribution in [0.25, 0.3) is 16.6 Å². The fraction of sp³-hybridized carbons (Fsp3) is 0.304. The van der Waals surface area contributed by atoms with Crippen LogP contribution in [0.5, 0.6) is 0 Å². The van der Waals surface area contributed by atoms with Gasteiger partial charge in [0.1, 0.15) is 5.52 Å². The average molecular weight is 433 g/mol. The lowest BCUT2D eigenvalue weighted by molar-refractivity contribution is 0.102. The summed E-state index contributed by atoms with van der Waals surface area (Å²) in [6, 6.07) is 7.02. The number of nitrogens with one attached hydrogen (secondary N) is 2. The molecule has 0 atom stereocenters. The minimum Gasteiger partial charge on any atom is -0.368 e. The fourth-order valence-corrected chi connectivity index (χ4v) is 4.14. The monoisotopic (exact) mass is 433 g/mol. The molecule has 1 aliphatic rings. The SMILES string of the molecule is CCc1cc2c(N3CCNCC3)ccc(C(=O)Nc3cc(F)c4nc(C)cn4c3)c2nn1. The number of carbonyl (C=O) groups excluding carboxylic acids is 1. The smallest absolute Gasteiger partial charge is 0.257 e. The molecule has 0 radical (unpaired) electrons. The predicted octanol–water partition coefficient (Wildman–Crippen LogP) is 2.95. The number of nitrogens with zero attached hydrogens (tertiary/aromatic N) is 5.